The van der Waals surface area contributed by atoms with Crippen molar-refractivity contribution < 1.29 is 4.79 Å². The van der Waals surface area contributed by atoms with Gasteiger partial charge in [-0.25, -0.2) is 0 Å². The molecule has 0 saturated heterocycles. The van der Waals surface area contributed by atoms with Crippen molar-refractivity contribution in [3.63, 3.8) is 0 Å². The Bertz CT molecular complexity index is 244. The minimum Gasteiger partial charge on any atom is -0.347 e. The minimum absolute atomic E-state index is 0.0639. The van der Waals surface area contributed by atoms with Gasteiger partial charge in [-0.15, -0.1) is 0 Å². The first-order valence-corrected chi connectivity index (χ1v) is 5.30. The van der Waals surface area contributed by atoms with Gasteiger partial charge in [0.15, 0.2) is 0 Å². The van der Waals surface area contributed by atoms with Gasteiger partial charge in [0.25, 0.3) is 0 Å². The Labute approximate surface area is 93.5 Å². The van der Waals surface area contributed by atoms with Crippen LogP contribution in [0.2, 0.25) is 0 Å². The summed E-state index contributed by atoms with van der Waals surface area (Å²) in [7, 11) is 4.09. The van der Waals surface area contributed by atoms with E-state index < -0.39 is 0 Å². The zero-order valence-electron chi connectivity index (χ0n) is 10.8. The number of hydrogen-bond donors (Lipinski definition) is 1. The Balaban J connectivity index is 4.30. The van der Waals surface area contributed by atoms with Crippen molar-refractivity contribution in [1.82, 2.24) is 10.2 Å². The van der Waals surface area contributed by atoms with Gasteiger partial charge < -0.3 is 10.2 Å². The highest BCUT2D eigenvalue weighted by atomic mass is 16.1. The average molecular weight is 212 g/mol. The predicted octanol–water partition coefficient (Wildman–Crippen LogP) is 1.80. The van der Waals surface area contributed by atoms with E-state index in [4.69, 9.17) is 0 Å². The summed E-state index contributed by atoms with van der Waals surface area (Å²) in [5, 5.41) is 2.98. The van der Waals surface area contributed by atoms with Crippen LogP contribution >= 0.6 is 0 Å². The van der Waals surface area contributed by atoms with Crippen molar-refractivity contribution in [2.24, 2.45) is 0 Å². The largest absolute Gasteiger partial charge is 0.347 e. The molecule has 0 aromatic heterocycles. The SMILES string of the molecule is C=C(C)C(=O)NC(C)(C)CC(C)N(C)C. The number of carbonyl (C=O) groups excluding carboxylic acids is 1. The molecule has 0 bridgehead atoms. The molecule has 0 saturated carbocycles. The molecule has 1 N–H and O–H groups in total. The number of nitrogens with one attached hydrogen (secondary N) is 1. The third kappa shape index (κ3) is 5.57. The van der Waals surface area contributed by atoms with Gasteiger partial charge in [0.1, 0.15) is 0 Å². The summed E-state index contributed by atoms with van der Waals surface area (Å²) in [6.07, 6.45) is 0.916. The monoisotopic (exact) mass is 212 g/mol. The fourth-order valence-corrected chi connectivity index (χ4v) is 1.39. The van der Waals surface area contributed by atoms with Gasteiger partial charge in [0.05, 0.1) is 0 Å². The van der Waals surface area contributed by atoms with Crippen LogP contribution in [0.1, 0.15) is 34.1 Å². The van der Waals surface area contributed by atoms with Gasteiger partial charge in [0, 0.05) is 17.2 Å². The molecule has 0 spiro atoms. The Morgan fingerprint density at radius 1 is 1.47 bits per heavy atom. The lowest BCUT2D eigenvalue weighted by Gasteiger charge is -2.32. The van der Waals surface area contributed by atoms with Crippen LogP contribution < -0.4 is 5.32 Å². The number of nitrogens with zero attached hydrogens (tertiary/aromatic N) is 1. The van der Waals surface area contributed by atoms with Gasteiger partial charge >= 0.3 is 0 Å². The molecule has 0 radical (unpaired) electrons. The van der Waals surface area contributed by atoms with E-state index in [0.29, 0.717) is 11.6 Å². The summed E-state index contributed by atoms with van der Waals surface area (Å²) >= 11 is 0. The summed E-state index contributed by atoms with van der Waals surface area (Å²) in [4.78, 5) is 13.6. The van der Waals surface area contributed by atoms with Gasteiger partial charge in [-0.05, 0) is 48.2 Å². The molecule has 0 rings (SSSR count). The minimum atomic E-state index is -0.195. The summed E-state index contributed by atoms with van der Waals surface area (Å²) in [5.41, 5.74) is 0.361. The lowest BCUT2D eigenvalue weighted by Crippen LogP contribution is -2.47. The molecule has 0 fully saturated rings. The quantitative estimate of drug-likeness (QED) is 0.705. The van der Waals surface area contributed by atoms with E-state index in [1.165, 1.54) is 0 Å². The molecular weight excluding hydrogens is 188 g/mol. The van der Waals surface area contributed by atoms with Gasteiger partial charge in [-0.1, -0.05) is 6.58 Å². The Morgan fingerprint density at radius 2 is 1.93 bits per heavy atom. The first-order chi connectivity index (χ1) is 6.65. The fraction of sp³-hybridized carbons (Fsp3) is 0.750. The van der Waals surface area contributed by atoms with Crippen molar-refractivity contribution in [3.05, 3.63) is 12.2 Å². The molecule has 0 heterocycles. The maximum atomic E-state index is 11.5. The highest BCUT2D eigenvalue weighted by Crippen LogP contribution is 2.14. The molecular formula is C12H24N2O. The number of carbonyl (C=O) groups is 1. The van der Waals surface area contributed by atoms with E-state index in [-0.39, 0.29) is 11.4 Å². The standard InChI is InChI=1S/C12H24N2O/c1-9(2)11(15)13-12(4,5)8-10(3)14(6)7/h10H,1,8H2,2-7H3,(H,13,15). The number of hydrogen-bond acceptors (Lipinski definition) is 2. The third-order valence-corrected chi connectivity index (χ3v) is 2.53. The fourth-order valence-electron chi connectivity index (χ4n) is 1.39. The Morgan fingerprint density at radius 3 is 2.27 bits per heavy atom. The van der Waals surface area contributed by atoms with Crippen LogP contribution in [0.5, 0.6) is 0 Å². The summed E-state index contributed by atoms with van der Waals surface area (Å²) in [6.45, 7) is 11.6. The number of rotatable bonds is 5. The van der Waals surface area contributed by atoms with Gasteiger partial charge in [-0.2, -0.15) is 0 Å². The topological polar surface area (TPSA) is 32.3 Å². The van der Waals surface area contributed by atoms with Crippen LogP contribution in [0.15, 0.2) is 12.2 Å². The van der Waals surface area contributed by atoms with Crippen LogP contribution in [0.4, 0.5) is 0 Å². The zero-order valence-corrected chi connectivity index (χ0v) is 10.8. The van der Waals surface area contributed by atoms with E-state index in [2.05, 4.69) is 23.7 Å². The molecule has 1 atom stereocenters. The van der Waals surface area contributed by atoms with Crippen molar-refractivity contribution >= 4 is 5.91 Å². The second kappa shape index (κ2) is 5.31. The molecule has 0 aromatic carbocycles. The first-order valence-electron chi connectivity index (χ1n) is 5.30. The van der Waals surface area contributed by atoms with Gasteiger partial charge in [-0.3, -0.25) is 4.79 Å². The number of amides is 1. The predicted molar refractivity (Wildman–Crippen MR) is 64.8 cm³/mol. The van der Waals surface area contributed by atoms with Gasteiger partial charge in [0.2, 0.25) is 5.91 Å². The summed E-state index contributed by atoms with van der Waals surface area (Å²) in [5.74, 6) is -0.0639. The Kier molecular flexibility index (Phi) is 5.01. The van der Waals surface area contributed by atoms with E-state index in [9.17, 15) is 4.79 Å². The average Bonchev–Trinajstić information content (AvgIpc) is 2.01. The summed E-state index contributed by atoms with van der Waals surface area (Å²) in [6, 6.07) is 0.436. The highest BCUT2D eigenvalue weighted by molar-refractivity contribution is 5.92. The normalized spacial score (nSPS) is 13.8. The molecule has 88 valence electrons. The molecule has 0 aliphatic carbocycles. The van der Waals surface area contributed by atoms with Crippen LogP contribution in [0.25, 0.3) is 0 Å². The smallest absolute Gasteiger partial charge is 0.246 e. The van der Waals surface area contributed by atoms with Crippen molar-refractivity contribution in [3.8, 4) is 0 Å². The Hall–Kier alpha value is -0.830. The molecule has 3 nitrogen and oxygen atoms in total. The maximum absolute atomic E-state index is 11.5. The van der Waals surface area contributed by atoms with E-state index >= 15 is 0 Å². The second-order valence-corrected chi connectivity index (χ2v) is 5.14. The molecule has 1 unspecified atom stereocenters. The van der Waals surface area contributed by atoms with E-state index in [1.54, 1.807) is 6.92 Å². The molecule has 1 amide bonds. The molecule has 0 aliphatic rings. The van der Waals surface area contributed by atoms with E-state index in [0.717, 1.165) is 6.42 Å². The van der Waals surface area contributed by atoms with Crippen LogP contribution in [0, 0.1) is 0 Å². The third-order valence-electron chi connectivity index (χ3n) is 2.53. The zero-order chi connectivity index (χ0) is 12.2. The molecule has 0 aliphatic heterocycles. The van der Waals surface area contributed by atoms with Crippen LogP contribution in [-0.2, 0) is 4.79 Å². The molecule has 3 heteroatoms. The van der Waals surface area contributed by atoms with E-state index in [1.807, 2.05) is 27.9 Å². The molecule has 0 aromatic rings. The summed E-state index contributed by atoms with van der Waals surface area (Å²) < 4.78 is 0. The first kappa shape index (κ1) is 14.2. The van der Waals surface area contributed by atoms with Crippen LogP contribution in [-0.4, -0.2) is 36.5 Å². The lowest BCUT2D eigenvalue weighted by atomic mass is 9.95. The maximum Gasteiger partial charge on any atom is 0.246 e. The van der Waals surface area contributed by atoms with Crippen molar-refractivity contribution in [1.29, 1.82) is 0 Å². The lowest BCUT2D eigenvalue weighted by molar-refractivity contribution is -0.119. The molecule has 15 heavy (non-hydrogen) atoms. The second-order valence-electron chi connectivity index (χ2n) is 5.14. The van der Waals surface area contributed by atoms with Crippen molar-refractivity contribution in [2.45, 2.75) is 45.7 Å². The van der Waals surface area contributed by atoms with Crippen LogP contribution in [0.3, 0.4) is 0 Å². The van der Waals surface area contributed by atoms with Crippen molar-refractivity contribution in [2.75, 3.05) is 14.1 Å². The highest BCUT2D eigenvalue weighted by Gasteiger charge is 2.23.